The van der Waals surface area contributed by atoms with E-state index >= 15 is 0 Å². The van der Waals surface area contributed by atoms with Gasteiger partial charge in [0.2, 0.25) is 0 Å². The minimum Gasteiger partial charge on any atom is -0.550 e. The van der Waals surface area contributed by atoms with Crippen molar-refractivity contribution in [3.8, 4) is 0 Å². The first-order valence-electron chi connectivity index (χ1n) is 3.11. The van der Waals surface area contributed by atoms with Gasteiger partial charge in [-0.3, -0.25) is 0 Å². The third kappa shape index (κ3) is 7.34. The summed E-state index contributed by atoms with van der Waals surface area (Å²) in [4.78, 5) is 30.0. The van der Waals surface area contributed by atoms with Crippen LogP contribution in [0.15, 0.2) is 0 Å². The summed E-state index contributed by atoms with van der Waals surface area (Å²) in [5.74, 6) is -5.98. The molecular weight excluding hydrogens is 270 g/mol. The maximum atomic E-state index is 10.1. The van der Waals surface area contributed by atoms with Crippen LogP contribution in [-0.2, 0) is 30.9 Å². The summed E-state index contributed by atoms with van der Waals surface area (Å²) in [6.07, 6.45) is -2.72. The maximum Gasteiger partial charge on any atom is 3.00 e. The van der Waals surface area contributed by atoms with Crippen molar-refractivity contribution >= 4 is 35.3 Å². The average Bonchev–Trinajstić information content (AvgIpc) is 1.82. The van der Waals surface area contributed by atoms with Gasteiger partial charge in [0.25, 0.3) is 0 Å². The van der Waals surface area contributed by atoms with Crippen LogP contribution in [0.4, 0.5) is 0 Å². The van der Waals surface area contributed by atoms with E-state index in [0.29, 0.717) is 0 Å². The number of rotatable bonds is 5. The minimum atomic E-state index is -2.97. The van der Waals surface area contributed by atoms with E-state index in [1.165, 1.54) is 0 Å². The number of aliphatic carboxylic acids is 3. The van der Waals surface area contributed by atoms with Gasteiger partial charge in [-0.05, 0) is 0 Å². The van der Waals surface area contributed by atoms with Gasteiger partial charge >= 0.3 is 17.4 Å². The summed E-state index contributed by atoms with van der Waals surface area (Å²) in [6, 6.07) is 0. The van der Waals surface area contributed by atoms with Crippen molar-refractivity contribution in [1.82, 2.24) is 0 Å². The molecule has 0 radical (unpaired) electrons. The Labute approximate surface area is 105 Å². The Bertz CT molecular complexity index is 238. The molecule has 0 aromatic rings. The first-order valence-corrected chi connectivity index (χ1v) is 3.11. The van der Waals surface area contributed by atoms with Gasteiger partial charge in [0.15, 0.2) is 0 Å². The zero-order valence-corrected chi connectivity index (χ0v) is 9.35. The van der Waals surface area contributed by atoms with E-state index in [1.807, 2.05) is 0 Å². The Hall–Kier alpha value is -0.604. The predicted molar refractivity (Wildman–Crippen MR) is 35.0 cm³/mol. The van der Waals surface area contributed by atoms with Gasteiger partial charge in [-0.1, -0.05) is 0 Å². The standard InChI is InChI=1S/C6H8O7.Al.Ni/c7-3(8)1-6(13,5(11)12)2-4(9)10;;/h13H,1-2H2,(H,7,8)(H,9,10)(H,11,12);;/q;+3;/p-3. The monoisotopic (exact) mass is 274 g/mol. The molecule has 84 valence electrons. The van der Waals surface area contributed by atoms with Crippen molar-refractivity contribution in [3.63, 3.8) is 0 Å². The van der Waals surface area contributed by atoms with Crippen LogP contribution in [0.1, 0.15) is 12.8 Å². The van der Waals surface area contributed by atoms with Crippen LogP contribution in [0.3, 0.4) is 0 Å². The minimum absolute atomic E-state index is 0. The van der Waals surface area contributed by atoms with E-state index in [2.05, 4.69) is 0 Å². The number of carbonyl (C=O) groups is 3. The number of carboxylic acids is 3. The van der Waals surface area contributed by atoms with E-state index in [9.17, 15) is 29.7 Å². The van der Waals surface area contributed by atoms with Crippen LogP contribution >= 0.6 is 0 Å². The Balaban J connectivity index is -0.000000720. The molecule has 1 N–H and O–H groups in total. The van der Waals surface area contributed by atoms with Crippen molar-refractivity contribution in [2.24, 2.45) is 0 Å². The van der Waals surface area contributed by atoms with Crippen LogP contribution in [-0.4, -0.2) is 46.0 Å². The van der Waals surface area contributed by atoms with Gasteiger partial charge in [-0.2, -0.15) is 0 Å². The van der Waals surface area contributed by atoms with Crippen molar-refractivity contribution in [2.75, 3.05) is 0 Å². The maximum absolute atomic E-state index is 10.1. The molecule has 0 atom stereocenters. The molecular formula is C6H5AlNiO7. The van der Waals surface area contributed by atoms with Crippen LogP contribution in [0.2, 0.25) is 0 Å². The van der Waals surface area contributed by atoms with Gasteiger partial charge < -0.3 is 34.8 Å². The molecule has 0 bridgehead atoms. The molecule has 7 nitrogen and oxygen atoms in total. The Morgan fingerprint density at radius 1 is 1.00 bits per heavy atom. The summed E-state index contributed by atoms with van der Waals surface area (Å²) in [7, 11) is 0. The van der Waals surface area contributed by atoms with Gasteiger partial charge in [-0.15, -0.1) is 0 Å². The van der Waals surface area contributed by atoms with Gasteiger partial charge in [-0.25, -0.2) is 0 Å². The Kier molecular flexibility index (Phi) is 10.2. The predicted octanol–water partition coefficient (Wildman–Crippen LogP) is -5.64. The first-order chi connectivity index (χ1) is 5.78. The third-order valence-corrected chi connectivity index (χ3v) is 1.25. The van der Waals surface area contributed by atoms with Gasteiger partial charge in [0.1, 0.15) is 5.60 Å². The van der Waals surface area contributed by atoms with Crippen LogP contribution < -0.4 is 15.3 Å². The average molecular weight is 275 g/mol. The second-order valence-corrected chi connectivity index (χ2v) is 2.42. The molecule has 0 fully saturated rings. The van der Waals surface area contributed by atoms with E-state index in [0.717, 1.165) is 0 Å². The van der Waals surface area contributed by atoms with Crippen LogP contribution in [0.5, 0.6) is 0 Å². The van der Waals surface area contributed by atoms with Gasteiger partial charge in [0.05, 0.1) is 5.97 Å². The Morgan fingerprint density at radius 2 is 1.27 bits per heavy atom. The molecule has 0 unspecified atom stereocenters. The van der Waals surface area contributed by atoms with E-state index in [4.69, 9.17) is 5.11 Å². The molecule has 0 saturated heterocycles. The molecule has 15 heavy (non-hydrogen) atoms. The zero-order chi connectivity index (χ0) is 10.6. The molecule has 0 aromatic carbocycles. The molecule has 0 heterocycles. The van der Waals surface area contributed by atoms with Crippen molar-refractivity contribution < 1.29 is 51.3 Å². The van der Waals surface area contributed by atoms with E-state index in [-0.39, 0.29) is 33.9 Å². The SMILES string of the molecule is O=C([O-])CC(O)(CC(=O)[O-])C(=O)[O-].[Al+3].[Ni]. The van der Waals surface area contributed by atoms with Crippen LogP contribution in [0.25, 0.3) is 0 Å². The summed E-state index contributed by atoms with van der Waals surface area (Å²) < 4.78 is 0. The fraction of sp³-hybridized carbons (Fsp3) is 0.500. The molecule has 0 spiro atoms. The Morgan fingerprint density at radius 3 is 1.40 bits per heavy atom. The zero-order valence-electron chi connectivity index (χ0n) is 7.20. The summed E-state index contributed by atoms with van der Waals surface area (Å²) >= 11 is 0. The quantitative estimate of drug-likeness (QED) is 0.493. The summed E-state index contributed by atoms with van der Waals surface area (Å²) in [6.45, 7) is 0. The van der Waals surface area contributed by atoms with Gasteiger partial charge in [0, 0.05) is 41.3 Å². The van der Waals surface area contributed by atoms with Crippen LogP contribution in [0, 0.1) is 0 Å². The van der Waals surface area contributed by atoms with E-state index < -0.39 is 36.4 Å². The fourth-order valence-corrected chi connectivity index (χ4v) is 0.684. The summed E-state index contributed by atoms with van der Waals surface area (Å²) in [5, 5.41) is 38.9. The van der Waals surface area contributed by atoms with Crippen molar-refractivity contribution in [2.45, 2.75) is 18.4 Å². The molecule has 0 rings (SSSR count). The molecule has 0 aliphatic rings. The number of carbonyl (C=O) groups excluding carboxylic acids is 3. The molecule has 0 aliphatic heterocycles. The number of carboxylic acid groups (broad SMARTS) is 3. The van der Waals surface area contributed by atoms with Crippen molar-refractivity contribution in [3.05, 3.63) is 0 Å². The second kappa shape index (κ2) is 7.66. The van der Waals surface area contributed by atoms with E-state index in [1.54, 1.807) is 0 Å². The number of aliphatic hydroxyl groups is 1. The smallest absolute Gasteiger partial charge is 0.550 e. The van der Waals surface area contributed by atoms with Crippen molar-refractivity contribution in [1.29, 1.82) is 0 Å². The third-order valence-electron chi connectivity index (χ3n) is 1.25. The molecule has 0 aliphatic carbocycles. The molecule has 0 saturated carbocycles. The molecule has 9 heteroatoms. The summed E-state index contributed by atoms with van der Waals surface area (Å²) in [5.41, 5.74) is -2.97. The molecule has 0 aromatic heterocycles. The topological polar surface area (TPSA) is 141 Å². The first kappa shape index (κ1) is 19.9. The number of hydrogen-bond acceptors (Lipinski definition) is 7. The number of hydrogen-bond donors (Lipinski definition) is 1. The second-order valence-electron chi connectivity index (χ2n) is 2.42. The normalized spacial score (nSPS) is 9.40. The largest absolute Gasteiger partial charge is 3.00 e. The molecule has 0 amide bonds. The fourth-order valence-electron chi connectivity index (χ4n) is 0.684.